The molecule has 0 unspecified atom stereocenters. The van der Waals surface area contributed by atoms with Crippen molar-refractivity contribution in [3.63, 3.8) is 0 Å². The zero-order chi connectivity index (χ0) is 13.2. The Morgan fingerprint density at radius 1 is 1.11 bits per heavy atom. The molecular weight excluding hydrogens is 226 g/mol. The third kappa shape index (κ3) is 7.34. The molecule has 0 radical (unpaired) electrons. The van der Waals surface area contributed by atoms with Gasteiger partial charge in [0.2, 0.25) is 0 Å². The standard InChI is InChI=1S/C15H31NO2/c1-4-9-16-14-5-7-15(8-6-14)18-11-10-17-12-13(2)3/h13-16H,4-12H2,1-3H3. The first-order valence-electron chi connectivity index (χ1n) is 7.65. The second-order valence-electron chi connectivity index (χ2n) is 5.77. The van der Waals surface area contributed by atoms with Gasteiger partial charge in [-0.2, -0.15) is 0 Å². The first-order chi connectivity index (χ1) is 8.72. The second kappa shape index (κ2) is 9.76. The number of hydrogen-bond donors (Lipinski definition) is 1. The van der Waals surface area contributed by atoms with Crippen molar-refractivity contribution < 1.29 is 9.47 Å². The summed E-state index contributed by atoms with van der Waals surface area (Å²) in [7, 11) is 0. The molecule has 0 saturated heterocycles. The quantitative estimate of drug-likeness (QED) is 0.644. The summed E-state index contributed by atoms with van der Waals surface area (Å²) in [5, 5.41) is 3.60. The fourth-order valence-electron chi connectivity index (χ4n) is 2.37. The lowest BCUT2D eigenvalue weighted by Gasteiger charge is -2.29. The Kier molecular flexibility index (Phi) is 8.64. The van der Waals surface area contributed by atoms with Crippen molar-refractivity contribution in [3.05, 3.63) is 0 Å². The fraction of sp³-hybridized carbons (Fsp3) is 1.00. The lowest BCUT2D eigenvalue weighted by Crippen LogP contribution is -2.36. The van der Waals surface area contributed by atoms with E-state index in [2.05, 4.69) is 26.1 Å². The van der Waals surface area contributed by atoms with Crippen LogP contribution in [0.3, 0.4) is 0 Å². The maximum absolute atomic E-state index is 5.86. The highest BCUT2D eigenvalue weighted by Crippen LogP contribution is 2.21. The van der Waals surface area contributed by atoms with Gasteiger partial charge in [0.05, 0.1) is 19.3 Å². The summed E-state index contributed by atoms with van der Waals surface area (Å²) in [6, 6.07) is 0.724. The van der Waals surface area contributed by atoms with Gasteiger partial charge in [-0.25, -0.2) is 0 Å². The van der Waals surface area contributed by atoms with Gasteiger partial charge in [-0.1, -0.05) is 20.8 Å². The van der Waals surface area contributed by atoms with Crippen molar-refractivity contribution in [2.24, 2.45) is 5.92 Å². The highest BCUT2D eigenvalue weighted by Gasteiger charge is 2.20. The summed E-state index contributed by atoms with van der Waals surface area (Å²) in [5.41, 5.74) is 0. The van der Waals surface area contributed by atoms with Crippen molar-refractivity contribution in [2.75, 3.05) is 26.4 Å². The molecule has 0 aromatic rings. The van der Waals surface area contributed by atoms with E-state index in [0.717, 1.165) is 32.4 Å². The van der Waals surface area contributed by atoms with E-state index in [4.69, 9.17) is 9.47 Å². The van der Waals surface area contributed by atoms with Crippen LogP contribution in [0.1, 0.15) is 52.9 Å². The summed E-state index contributed by atoms with van der Waals surface area (Å²) < 4.78 is 11.4. The fourth-order valence-corrected chi connectivity index (χ4v) is 2.37. The van der Waals surface area contributed by atoms with Crippen molar-refractivity contribution in [2.45, 2.75) is 65.0 Å². The molecule has 1 aliphatic rings. The largest absolute Gasteiger partial charge is 0.379 e. The molecule has 0 aliphatic heterocycles. The summed E-state index contributed by atoms with van der Waals surface area (Å²) >= 11 is 0. The lowest BCUT2D eigenvalue weighted by atomic mass is 9.93. The third-order valence-electron chi connectivity index (χ3n) is 3.39. The molecule has 1 aliphatic carbocycles. The minimum Gasteiger partial charge on any atom is -0.379 e. The smallest absolute Gasteiger partial charge is 0.0704 e. The van der Waals surface area contributed by atoms with Crippen molar-refractivity contribution >= 4 is 0 Å². The van der Waals surface area contributed by atoms with Gasteiger partial charge < -0.3 is 14.8 Å². The van der Waals surface area contributed by atoms with E-state index < -0.39 is 0 Å². The maximum Gasteiger partial charge on any atom is 0.0704 e. The molecule has 0 atom stereocenters. The molecule has 3 heteroatoms. The first-order valence-corrected chi connectivity index (χ1v) is 7.65. The van der Waals surface area contributed by atoms with Crippen LogP contribution < -0.4 is 5.32 Å². The minimum absolute atomic E-state index is 0.465. The van der Waals surface area contributed by atoms with E-state index in [1.165, 1.54) is 32.1 Å². The van der Waals surface area contributed by atoms with E-state index in [0.29, 0.717) is 12.0 Å². The van der Waals surface area contributed by atoms with Crippen LogP contribution in [0, 0.1) is 5.92 Å². The molecule has 0 heterocycles. The zero-order valence-electron chi connectivity index (χ0n) is 12.4. The summed E-state index contributed by atoms with van der Waals surface area (Å²) in [4.78, 5) is 0. The van der Waals surface area contributed by atoms with E-state index in [1.807, 2.05) is 0 Å². The molecular formula is C15H31NO2. The van der Waals surface area contributed by atoms with Gasteiger partial charge in [0.1, 0.15) is 0 Å². The monoisotopic (exact) mass is 257 g/mol. The van der Waals surface area contributed by atoms with E-state index >= 15 is 0 Å². The van der Waals surface area contributed by atoms with Gasteiger partial charge >= 0.3 is 0 Å². The molecule has 1 rings (SSSR count). The van der Waals surface area contributed by atoms with E-state index in [-0.39, 0.29) is 0 Å². The zero-order valence-corrected chi connectivity index (χ0v) is 12.4. The molecule has 1 fully saturated rings. The molecule has 0 aromatic heterocycles. The lowest BCUT2D eigenvalue weighted by molar-refractivity contribution is -0.0174. The van der Waals surface area contributed by atoms with Crippen molar-refractivity contribution in [3.8, 4) is 0 Å². The molecule has 1 saturated carbocycles. The van der Waals surface area contributed by atoms with Crippen molar-refractivity contribution in [1.29, 1.82) is 0 Å². The Hall–Kier alpha value is -0.120. The van der Waals surface area contributed by atoms with Crippen LogP contribution in [0.15, 0.2) is 0 Å². The van der Waals surface area contributed by atoms with Crippen LogP contribution in [-0.2, 0) is 9.47 Å². The van der Waals surface area contributed by atoms with Crippen LogP contribution >= 0.6 is 0 Å². The van der Waals surface area contributed by atoms with Crippen LogP contribution in [0.25, 0.3) is 0 Å². The molecule has 18 heavy (non-hydrogen) atoms. The average molecular weight is 257 g/mol. The molecule has 0 amide bonds. The van der Waals surface area contributed by atoms with Gasteiger partial charge in [-0.05, 0) is 44.6 Å². The van der Waals surface area contributed by atoms with Crippen LogP contribution in [0.2, 0.25) is 0 Å². The predicted octanol–water partition coefficient (Wildman–Crippen LogP) is 2.99. The SMILES string of the molecule is CCCNC1CCC(OCCOCC(C)C)CC1. The second-order valence-corrected chi connectivity index (χ2v) is 5.77. The Morgan fingerprint density at radius 3 is 2.44 bits per heavy atom. The average Bonchev–Trinajstić information content (AvgIpc) is 2.37. The molecule has 3 nitrogen and oxygen atoms in total. The molecule has 0 spiro atoms. The molecule has 108 valence electrons. The van der Waals surface area contributed by atoms with Gasteiger partial charge in [0.25, 0.3) is 0 Å². The van der Waals surface area contributed by atoms with E-state index in [1.54, 1.807) is 0 Å². The van der Waals surface area contributed by atoms with Gasteiger partial charge in [-0.15, -0.1) is 0 Å². The Balaban J connectivity index is 1.95. The molecule has 1 N–H and O–H groups in total. The van der Waals surface area contributed by atoms with Crippen LogP contribution in [-0.4, -0.2) is 38.5 Å². The van der Waals surface area contributed by atoms with Crippen molar-refractivity contribution in [1.82, 2.24) is 5.32 Å². The normalized spacial score (nSPS) is 24.7. The van der Waals surface area contributed by atoms with Gasteiger partial charge in [-0.3, -0.25) is 0 Å². The number of hydrogen-bond acceptors (Lipinski definition) is 3. The summed E-state index contributed by atoms with van der Waals surface area (Å²) in [5.74, 6) is 0.616. The summed E-state index contributed by atoms with van der Waals surface area (Å²) in [6.07, 6.45) is 6.61. The molecule has 0 aromatic carbocycles. The number of nitrogens with one attached hydrogen (secondary N) is 1. The first kappa shape index (κ1) is 15.9. The van der Waals surface area contributed by atoms with E-state index in [9.17, 15) is 0 Å². The van der Waals surface area contributed by atoms with Gasteiger partial charge in [0, 0.05) is 12.6 Å². The number of ether oxygens (including phenoxy) is 2. The third-order valence-corrected chi connectivity index (χ3v) is 3.39. The molecule has 0 bridgehead atoms. The maximum atomic E-state index is 5.86. The van der Waals surface area contributed by atoms with Crippen LogP contribution in [0.4, 0.5) is 0 Å². The predicted molar refractivity (Wildman–Crippen MR) is 75.9 cm³/mol. The Morgan fingerprint density at radius 2 is 1.83 bits per heavy atom. The summed E-state index contributed by atoms with van der Waals surface area (Å²) in [6.45, 7) is 10.1. The highest BCUT2D eigenvalue weighted by atomic mass is 16.5. The Bertz CT molecular complexity index is 189. The minimum atomic E-state index is 0.465. The van der Waals surface area contributed by atoms with Crippen LogP contribution in [0.5, 0.6) is 0 Å². The number of rotatable bonds is 9. The highest BCUT2D eigenvalue weighted by molar-refractivity contribution is 4.77. The topological polar surface area (TPSA) is 30.5 Å². The van der Waals surface area contributed by atoms with Gasteiger partial charge in [0.15, 0.2) is 0 Å². The Labute approximate surface area is 113 Å².